The van der Waals surface area contributed by atoms with Crippen LogP contribution in [0.3, 0.4) is 0 Å². The van der Waals surface area contributed by atoms with E-state index in [2.05, 4.69) is 32.6 Å². The Labute approximate surface area is 87.1 Å². The smallest absolute Gasteiger partial charge is 0.236 e. The van der Waals surface area contributed by atoms with Gasteiger partial charge in [0.1, 0.15) is 0 Å². The maximum atomic E-state index is 11.7. The highest BCUT2D eigenvalue weighted by Crippen LogP contribution is 2.21. The average molecular weight is 198 g/mol. The lowest BCUT2D eigenvalue weighted by Gasteiger charge is -2.46. The summed E-state index contributed by atoms with van der Waals surface area (Å²) in [6.07, 6.45) is 0. The van der Waals surface area contributed by atoms with Crippen LogP contribution in [0.15, 0.2) is 0 Å². The Bertz CT molecular complexity index is 220. The molecule has 3 nitrogen and oxygen atoms in total. The van der Waals surface area contributed by atoms with Crippen molar-refractivity contribution in [2.75, 3.05) is 19.6 Å². The van der Waals surface area contributed by atoms with Crippen molar-refractivity contribution < 1.29 is 4.79 Å². The van der Waals surface area contributed by atoms with Gasteiger partial charge in [0.25, 0.3) is 0 Å². The first-order valence-electron chi connectivity index (χ1n) is 5.40. The van der Waals surface area contributed by atoms with E-state index in [9.17, 15) is 4.79 Å². The number of rotatable bonds is 1. The summed E-state index contributed by atoms with van der Waals surface area (Å²) in [5.74, 6) is 0.264. The molecule has 1 amide bonds. The van der Waals surface area contributed by atoms with Crippen molar-refractivity contribution in [1.29, 1.82) is 0 Å². The molecule has 82 valence electrons. The Morgan fingerprint density at radius 2 is 2.00 bits per heavy atom. The van der Waals surface area contributed by atoms with Crippen LogP contribution in [0.25, 0.3) is 0 Å². The van der Waals surface area contributed by atoms with E-state index in [0.29, 0.717) is 12.6 Å². The van der Waals surface area contributed by atoms with Crippen molar-refractivity contribution in [1.82, 2.24) is 9.80 Å². The highest BCUT2D eigenvalue weighted by molar-refractivity contribution is 5.79. The molecule has 1 heterocycles. The van der Waals surface area contributed by atoms with Crippen molar-refractivity contribution in [2.45, 2.75) is 46.2 Å². The maximum Gasteiger partial charge on any atom is 0.236 e. The average Bonchev–Trinajstić information content (AvgIpc) is 2.06. The molecule has 0 aromatic carbocycles. The van der Waals surface area contributed by atoms with Crippen LogP contribution in [0, 0.1) is 0 Å². The third kappa shape index (κ3) is 2.27. The van der Waals surface area contributed by atoms with Crippen LogP contribution < -0.4 is 0 Å². The molecule has 0 spiro atoms. The van der Waals surface area contributed by atoms with Crippen LogP contribution in [0.1, 0.15) is 34.6 Å². The number of piperazine rings is 1. The Kier molecular flexibility index (Phi) is 3.20. The van der Waals surface area contributed by atoms with Gasteiger partial charge in [-0.2, -0.15) is 0 Å². The van der Waals surface area contributed by atoms with Crippen LogP contribution in [-0.2, 0) is 4.79 Å². The van der Waals surface area contributed by atoms with E-state index in [4.69, 9.17) is 0 Å². The van der Waals surface area contributed by atoms with Gasteiger partial charge in [-0.1, -0.05) is 0 Å². The van der Waals surface area contributed by atoms with Crippen molar-refractivity contribution in [2.24, 2.45) is 0 Å². The molecule has 14 heavy (non-hydrogen) atoms. The van der Waals surface area contributed by atoms with Crippen molar-refractivity contribution in [3.63, 3.8) is 0 Å². The molecule has 1 aliphatic rings. The molecule has 0 saturated carbocycles. The highest BCUT2D eigenvalue weighted by Gasteiger charge is 2.34. The molecule has 0 bridgehead atoms. The fourth-order valence-electron chi connectivity index (χ4n) is 2.12. The van der Waals surface area contributed by atoms with Gasteiger partial charge in [0.15, 0.2) is 0 Å². The third-order valence-corrected chi connectivity index (χ3v) is 2.92. The zero-order chi connectivity index (χ0) is 10.9. The van der Waals surface area contributed by atoms with Gasteiger partial charge in [0.2, 0.25) is 5.91 Å². The van der Waals surface area contributed by atoms with E-state index in [1.54, 1.807) is 0 Å². The van der Waals surface area contributed by atoms with Crippen LogP contribution in [0.4, 0.5) is 0 Å². The molecule has 0 radical (unpaired) electrons. The van der Waals surface area contributed by atoms with E-state index in [1.165, 1.54) is 0 Å². The van der Waals surface area contributed by atoms with Gasteiger partial charge < -0.3 is 4.90 Å². The standard InChI is InChI=1S/C11H22N2O/c1-6-12-7-9(2)13(8-10(12)14)11(3,4)5/h9H,6-8H2,1-5H3/t9-/m1/s1. The number of likely N-dealkylation sites (N-methyl/N-ethyl adjacent to an activating group) is 1. The monoisotopic (exact) mass is 198 g/mol. The minimum absolute atomic E-state index is 0.0922. The molecule has 1 atom stereocenters. The summed E-state index contributed by atoms with van der Waals surface area (Å²) in [6, 6.07) is 0.465. The predicted octanol–water partition coefficient (Wildman–Crippen LogP) is 1.34. The Hall–Kier alpha value is -0.570. The van der Waals surface area contributed by atoms with Crippen molar-refractivity contribution in [3.05, 3.63) is 0 Å². The first-order valence-corrected chi connectivity index (χ1v) is 5.40. The number of carbonyl (C=O) groups is 1. The minimum Gasteiger partial charge on any atom is -0.340 e. The summed E-state index contributed by atoms with van der Waals surface area (Å²) < 4.78 is 0. The van der Waals surface area contributed by atoms with Gasteiger partial charge in [-0.15, -0.1) is 0 Å². The molecular weight excluding hydrogens is 176 g/mol. The van der Waals surface area contributed by atoms with Gasteiger partial charge in [0.05, 0.1) is 6.54 Å². The molecule has 1 fully saturated rings. The van der Waals surface area contributed by atoms with Gasteiger partial charge in [-0.25, -0.2) is 0 Å². The molecule has 3 heteroatoms. The van der Waals surface area contributed by atoms with E-state index in [0.717, 1.165) is 13.1 Å². The Morgan fingerprint density at radius 1 is 1.43 bits per heavy atom. The third-order valence-electron chi connectivity index (χ3n) is 2.92. The Morgan fingerprint density at radius 3 is 2.43 bits per heavy atom. The summed E-state index contributed by atoms with van der Waals surface area (Å²) in [5, 5.41) is 0. The number of hydrogen-bond donors (Lipinski definition) is 0. The first kappa shape index (κ1) is 11.5. The van der Waals surface area contributed by atoms with Gasteiger partial charge in [0, 0.05) is 24.7 Å². The Balaban J connectivity index is 2.72. The summed E-state index contributed by atoms with van der Waals surface area (Å²) in [5.41, 5.74) is 0.0922. The fourth-order valence-corrected chi connectivity index (χ4v) is 2.12. The first-order chi connectivity index (χ1) is 6.36. The molecular formula is C11H22N2O. The van der Waals surface area contributed by atoms with E-state index < -0.39 is 0 Å². The maximum absolute atomic E-state index is 11.7. The molecule has 1 rings (SSSR count). The minimum atomic E-state index is 0.0922. The molecule has 1 saturated heterocycles. The second-order valence-electron chi connectivity index (χ2n) is 5.08. The van der Waals surface area contributed by atoms with Crippen molar-refractivity contribution in [3.8, 4) is 0 Å². The summed E-state index contributed by atoms with van der Waals surface area (Å²) >= 11 is 0. The normalized spacial score (nSPS) is 25.6. The number of nitrogens with zero attached hydrogens (tertiary/aromatic N) is 2. The topological polar surface area (TPSA) is 23.6 Å². The summed E-state index contributed by atoms with van der Waals surface area (Å²) in [7, 11) is 0. The lowest BCUT2D eigenvalue weighted by atomic mass is 10.0. The molecule has 0 unspecified atom stereocenters. The second-order valence-corrected chi connectivity index (χ2v) is 5.08. The molecule has 0 aliphatic carbocycles. The van der Waals surface area contributed by atoms with Crippen LogP contribution in [0.2, 0.25) is 0 Å². The lowest BCUT2D eigenvalue weighted by molar-refractivity contribution is -0.141. The van der Waals surface area contributed by atoms with Crippen LogP contribution in [-0.4, -0.2) is 46.9 Å². The zero-order valence-corrected chi connectivity index (χ0v) is 10.0. The number of hydrogen-bond acceptors (Lipinski definition) is 2. The van der Waals surface area contributed by atoms with Gasteiger partial charge >= 0.3 is 0 Å². The summed E-state index contributed by atoms with van der Waals surface area (Å²) in [6.45, 7) is 13.0. The largest absolute Gasteiger partial charge is 0.340 e. The summed E-state index contributed by atoms with van der Waals surface area (Å²) in [4.78, 5) is 15.9. The van der Waals surface area contributed by atoms with Crippen molar-refractivity contribution >= 4 is 5.91 Å². The molecule has 1 aliphatic heterocycles. The predicted molar refractivity (Wildman–Crippen MR) is 58.2 cm³/mol. The molecule has 0 N–H and O–H groups in total. The van der Waals surface area contributed by atoms with E-state index in [-0.39, 0.29) is 11.4 Å². The molecule has 0 aromatic heterocycles. The highest BCUT2D eigenvalue weighted by atomic mass is 16.2. The van der Waals surface area contributed by atoms with E-state index in [1.807, 2.05) is 11.8 Å². The van der Waals surface area contributed by atoms with E-state index >= 15 is 0 Å². The quantitative estimate of drug-likeness (QED) is 0.635. The fraction of sp³-hybridized carbons (Fsp3) is 0.909. The number of amides is 1. The van der Waals surface area contributed by atoms with Crippen LogP contribution in [0.5, 0.6) is 0 Å². The zero-order valence-electron chi connectivity index (χ0n) is 10.0. The lowest BCUT2D eigenvalue weighted by Crippen LogP contribution is -2.60. The molecule has 0 aromatic rings. The van der Waals surface area contributed by atoms with Gasteiger partial charge in [-0.3, -0.25) is 9.69 Å². The van der Waals surface area contributed by atoms with Crippen LogP contribution >= 0.6 is 0 Å². The number of carbonyl (C=O) groups excluding carboxylic acids is 1. The SMILES string of the molecule is CCN1C[C@@H](C)N(C(C)(C)C)CC1=O. The second kappa shape index (κ2) is 3.89. The van der Waals surface area contributed by atoms with Gasteiger partial charge in [-0.05, 0) is 34.6 Å².